The van der Waals surface area contributed by atoms with Gasteiger partial charge in [0.2, 0.25) is 0 Å². The Morgan fingerprint density at radius 2 is 2.08 bits per heavy atom. The van der Waals surface area contributed by atoms with E-state index in [0.29, 0.717) is 17.9 Å². The van der Waals surface area contributed by atoms with E-state index in [9.17, 15) is 4.79 Å². The van der Waals surface area contributed by atoms with E-state index in [1.54, 1.807) is 43.1 Å². The molecule has 7 nitrogen and oxygen atoms in total. The lowest BCUT2D eigenvalue weighted by atomic mass is 10.1. The first-order chi connectivity index (χ1) is 11.5. The summed E-state index contributed by atoms with van der Waals surface area (Å²) < 4.78 is 12.1. The third-order valence-electron chi connectivity index (χ3n) is 3.85. The van der Waals surface area contributed by atoms with Crippen LogP contribution in [-0.2, 0) is 6.54 Å². The number of ether oxygens (including phenoxy) is 1. The number of nitrogens with zero attached hydrogens (tertiary/aromatic N) is 4. The highest BCUT2D eigenvalue weighted by Gasteiger charge is 2.14. The molecule has 3 aromatic heterocycles. The Morgan fingerprint density at radius 3 is 2.75 bits per heavy atom. The molecule has 0 N–H and O–H groups in total. The van der Waals surface area contributed by atoms with Gasteiger partial charge in [-0.25, -0.2) is 0 Å². The number of hydrogen-bond donors (Lipinski definition) is 0. The quantitative estimate of drug-likeness (QED) is 0.731. The van der Waals surface area contributed by atoms with Crippen LogP contribution in [0.5, 0.6) is 5.75 Å². The van der Waals surface area contributed by atoms with Crippen molar-refractivity contribution in [3.05, 3.63) is 57.5 Å². The molecule has 124 valence electrons. The Balaban J connectivity index is 2.02. The maximum atomic E-state index is 12.7. The van der Waals surface area contributed by atoms with Gasteiger partial charge in [0.25, 0.3) is 11.4 Å². The maximum absolute atomic E-state index is 12.7. The van der Waals surface area contributed by atoms with Gasteiger partial charge < -0.3 is 13.8 Å². The van der Waals surface area contributed by atoms with Gasteiger partial charge in [0.15, 0.2) is 5.82 Å². The van der Waals surface area contributed by atoms with Gasteiger partial charge in [0, 0.05) is 23.5 Å². The number of methoxy groups -OCH3 is 1. The molecule has 7 heteroatoms. The molecule has 0 aliphatic carbocycles. The molecule has 0 aromatic carbocycles. The summed E-state index contributed by atoms with van der Waals surface area (Å²) in [5.41, 5.74) is 2.82. The summed E-state index contributed by atoms with van der Waals surface area (Å²) in [6, 6.07) is 3.44. The molecule has 0 atom stereocenters. The molecule has 0 saturated carbocycles. The first kappa shape index (κ1) is 15.9. The molecule has 0 unspecified atom stereocenters. The number of aryl methyl sites for hydroxylation is 2. The third kappa shape index (κ3) is 2.80. The van der Waals surface area contributed by atoms with Crippen LogP contribution in [0.15, 0.2) is 33.8 Å². The normalized spacial score (nSPS) is 10.8. The lowest BCUT2D eigenvalue weighted by Gasteiger charge is -2.13. The topological polar surface area (TPSA) is 83.0 Å². The third-order valence-corrected chi connectivity index (χ3v) is 3.85. The molecule has 3 heterocycles. The molecule has 0 bridgehead atoms. The van der Waals surface area contributed by atoms with Gasteiger partial charge in [-0.15, -0.1) is 0 Å². The monoisotopic (exact) mass is 326 g/mol. The van der Waals surface area contributed by atoms with E-state index in [0.717, 1.165) is 22.6 Å². The van der Waals surface area contributed by atoms with Crippen molar-refractivity contribution in [3.8, 4) is 17.2 Å². The van der Waals surface area contributed by atoms with Crippen molar-refractivity contribution in [1.82, 2.24) is 19.7 Å². The Kier molecular flexibility index (Phi) is 4.16. The predicted molar refractivity (Wildman–Crippen MR) is 88.1 cm³/mol. The fourth-order valence-corrected chi connectivity index (χ4v) is 2.62. The summed E-state index contributed by atoms with van der Waals surface area (Å²) >= 11 is 0. The Bertz CT molecular complexity index is 943. The van der Waals surface area contributed by atoms with Gasteiger partial charge >= 0.3 is 0 Å². The average Bonchev–Trinajstić information content (AvgIpc) is 2.98. The highest BCUT2D eigenvalue weighted by Crippen LogP contribution is 2.24. The standard InChI is InChI=1S/C17H18N4O3/c1-10-8-18-14(11(2)15(10)23-4)9-21-7-5-6-13(17(21)22)16-19-12(3)20-24-16/h5-8H,9H2,1-4H3. The van der Waals surface area contributed by atoms with Crippen LogP contribution in [0.4, 0.5) is 0 Å². The first-order valence-corrected chi connectivity index (χ1v) is 7.50. The molecule has 0 aliphatic rings. The molecule has 0 saturated heterocycles. The van der Waals surface area contributed by atoms with Crippen LogP contribution in [0.25, 0.3) is 11.5 Å². The molecule has 0 spiro atoms. The summed E-state index contributed by atoms with van der Waals surface area (Å²) in [4.78, 5) is 21.2. The number of rotatable bonds is 4. The Hall–Kier alpha value is -2.96. The Morgan fingerprint density at radius 1 is 1.29 bits per heavy atom. The van der Waals surface area contributed by atoms with Crippen LogP contribution in [0.3, 0.4) is 0 Å². The van der Waals surface area contributed by atoms with Gasteiger partial charge in [-0.05, 0) is 32.9 Å². The van der Waals surface area contributed by atoms with Crippen molar-refractivity contribution in [1.29, 1.82) is 0 Å². The minimum Gasteiger partial charge on any atom is -0.496 e. The molecule has 0 radical (unpaired) electrons. The maximum Gasteiger partial charge on any atom is 0.263 e. The van der Waals surface area contributed by atoms with E-state index in [4.69, 9.17) is 9.26 Å². The minimum atomic E-state index is -0.207. The molecule has 3 rings (SSSR count). The zero-order valence-electron chi connectivity index (χ0n) is 14.0. The van der Waals surface area contributed by atoms with Gasteiger partial charge in [0.1, 0.15) is 11.3 Å². The van der Waals surface area contributed by atoms with Crippen LogP contribution in [0, 0.1) is 20.8 Å². The molecular formula is C17H18N4O3. The number of hydrogen-bond acceptors (Lipinski definition) is 6. The van der Waals surface area contributed by atoms with Crippen LogP contribution in [0.2, 0.25) is 0 Å². The largest absolute Gasteiger partial charge is 0.496 e. The second-order valence-electron chi connectivity index (χ2n) is 5.55. The van der Waals surface area contributed by atoms with Gasteiger partial charge in [-0.3, -0.25) is 9.78 Å². The molecule has 0 amide bonds. The van der Waals surface area contributed by atoms with Crippen LogP contribution < -0.4 is 10.3 Å². The van der Waals surface area contributed by atoms with E-state index in [1.165, 1.54) is 0 Å². The van der Waals surface area contributed by atoms with Crippen LogP contribution >= 0.6 is 0 Å². The molecule has 0 aliphatic heterocycles. The Labute approximate surface area is 138 Å². The summed E-state index contributed by atoms with van der Waals surface area (Å²) in [7, 11) is 1.63. The molecule has 0 fully saturated rings. The fourth-order valence-electron chi connectivity index (χ4n) is 2.62. The van der Waals surface area contributed by atoms with E-state index in [-0.39, 0.29) is 11.4 Å². The van der Waals surface area contributed by atoms with Crippen molar-refractivity contribution in [2.75, 3.05) is 7.11 Å². The second kappa shape index (κ2) is 6.27. The van der Waals surface area contributed by atoms with E-state index >= 15 is 0 Å². The van der Waals surface area contributed by atoms with E-state index < -0.39 is 0 Å². The first-order valence-electron chi connectivity index (χ1n) is 7.50. The summed E-state index contributed by atoms with van der Waals surface area (Å²) in [5, 5.41) is 3.73. The highest BCUT2D eigenvalue weighted by atomic mass is 16.5. The van der Waals surface area contributed by atoms with E-state index in [1.807, 2.05) is 13.8 Å². The van der Waals surface area contributed by atoms with Crippen molar-refractivity contribution < 1.29 is 9.26 Å². The second-order valence-corrected chi connectivity index (χ2v) is 5.55. The molecule has 3 aromatic rings. The zero-order valence-corrected chi connectivity index (χ0v) is 14.0. The lowest BCUT2D eigenvalue weighted by Crippen LogP contribution is -2.22. The van der Waals surface area contributed by atoms with Crippen LogP contribution in [-0.4, -0.2) is 26.8 Å². The average molecular weight is 326 g/mol. The molecule has 24 heavy (non-hydrogen) atoms. The van der Waals surface area contributed by atoms with Gasteiger partial charge in [-0.1, -0.05) is 5.16 Å². The zero-order chi connectivity index (χ0) is 17.3. The minimum absolute atomic E-state index is 0.207. The van der Waals surface area contributed by atoms with Gasteiger partial charge in [-0.2, -0.15) is 4.98 Å². The van der Waals surface area contributed by atoms with Crippen molar-refractivity contribution >= 4 is 0 Å². The predicted octanol–water partition coefficient (Wildman–Crippen LogP) is 2.28. The van der Waals surface area contributed by atoms with Crippen molar-refractivity contribution in [2.24, 2.45) is 0 Å². The van der Waals surface area contributed by atoms with Crippen LogP contribution in [0.1, 0.15) is 22.6 Å². The summed E-state index contributed by atoms with van der Waals surface area (Å²) in [5.74, 6) is 1.50. The summed E-state index contributed by atoms with van der Waals surface area (Å²) in [6.07, 6.45) is 3.46. The van der Waals surface area contributed by atoms with E-state index in [2.05, 4.69) is 15.1 Å². The summed E-state index contributed by atoms with van der Waals surface area (Å²) in [6.45, 7) is 5.92. The smallest absolute Gasteiger partial charge is 0.263 e. The fraction of sp³-hybridized carbons (Fsp3) is 0.294. The number of aromatic nitrogens is 4. The molecular weight excluding hydrogens is 308 g/mol. The van der Waals surface area contributed by atoms with Gasteiger partial charge in [0.05, 0.1) is 19.3 Å². The van der Waals surface area contributed by atoms with Crippen molar-refractivity contribution in [3.63, 3.8) is 0 Å². The number of pyridine rings is 2. The highest BCUT2D eigenvalue weighted by molar-refractivity contribution is 5.50. The van der Waals surface area contributed by atoms with Crippen molar-refractivity contribution in [2.45, 2.75) is 27.3 Å². The SMILES string of the molecule is COc1c(C)cnc(Cn2cccc(-c3nc(C)no3)c2=O)c1C. The lowest BCUT2D eigenvalue weighted by molar-refractivity contribution is 0.406.